The van der Waals surface area contributed by atoms with E-state index in [-0.39, 0.29) is 36.3 Å². The average molecular weight is 305 g/mol. The van der Waals surface area contributed by atoms with E-state index < -0.39 is 5.97 Å². The maximum atomic E-state index is 12.9. The van der Waals surface area contributed by atoms with Gasteiger partial charge >= 0.3 is 5.97 Å². The fourth-order valence-corrected chi connectivity index (χ4v) is 1.91. The predicted molar refractivity (Wildman–Crippen MR) is 77.3 cm³/mol. The number of nitrogens with zero attached hydrogens (tertiary/aromatic N) is 2. The molecule has 0 saturated heterocycles. The highest BCUT2D eigenvalue weighted by Gasteiger charge is 2.13. The van der Waals surface area contributed by atoms with E-state index in [4.69, 9.17) is 5.11 Å². The van der Waals surface area contributed by atoms with Gasteiger partial charge in [0.15, 0.2) is 5.69 Å². The predicted octanol–water partition coefficient (Wildman–Crippen LogP) is 1.85. The lowest BCUT2D eigenvalue weighted by Crippen LogP contribution is -2.29. The van der Waals surface area contributed by atoms with Gasteiger partial charge in [0.1, 0.15) is 5.82 Å². The van der Waals surface area contributed by atoms with Gasteiger partial charge in [0.25, 0.3) is 5.91 Å². The zero-order chi connectivity index (χ0) is 16.1. The summed E-state index contributed by atoms with van der Waals surface area (Å²) in [6.07, 6.45) is 1.59. The summed E-state index contributed by atoms with van der Waals surface area (Å²) in [5.74, 6) is -1.79. The number of carbonyl (C=O) groups excluding carboxylic acids is 1. The van der Waals surface area contributed by atoms with Gasteiger partial charge in [-0.05, 0) is 36.2 Å². The molecule has 0 aliphatic heterocycles. The average Bonchev–Trinajstić information content (AvgIpc) is 2.94. The van der Waals surface area contributed by atoms with Crippen molar-refractivity contribution in [2.45, 2.75) is 13.3 Å². The van der Waals surface area contributed by atoms with Crippen LogP contribution in [0.4, 0.5) is 4.39 Å². The number of carboxylic acids is 1. The second-order valence-corrected chi connectivity index (χ2v) is 5.04. The summed E-state index contributed by atoms with van der Waals surface area (Å²) in [5.41, 5.74) is 0.853. The molecule has 2 aromatic rings. The standard InChI is InChI=1S/C15H16FN3O3/c1-10(8-14(20)21)9-17-15(22)13-6-7-19(18-13)12-4-2-11(16)3-5-12/h2-7,10H,8-9H2,1H3,(H,17,22)(H,20,21). The molecule has 116 valence electrons. The van der Waals surface area contributed by atoms with E-state index in [1.54, 1.807) is 31.3 Å². The van der Waals surface area contributed by atoms with Gasteiger partial charge in [0.05, 0.1) is 5.69 Å². The van der Waals surface area contributed by atoms with Gasteiger partial charge in [-0.25, -0.2) is 9.07 Å². The van der Waals surface area contributed by atoms with Crippen LogP contribution in [0.15, 0.2) is 36.5 Å². The second kappa shape index (κ2) is 6.84. The third kappa shape index (κ3) is 4.15. The lowest BCUT2D eigenvalue weighted by Gasteiger charge is -2.09. The molecule has 2 N–H and O–H groups in total. The number of halogens is 1. The highest BCUT2D eigenvalue weighted by molar-refractivity contribution is 5.92. The van der Waals surface area contributed by atoms with Crippen LogP contribution in [0.3, 0.4) is 0 Å². The van der Waals surface area contributed by atoms with E-state index in [9.17, 15) is 14.0 Å². The van der Waals surface area contributed by atoms with Crippen LogP contribution in [0.2, 0.25) is 0 Å². The third-order valence-electron chi connectivity index (χ3n) is 3.05. The number of hydrogen-bond donors (Lipinski definition) is 2. The van der Waals surface area contributed by atoms with Crippen molar-refractivity contribution in [3.8, 4) is 5.69 Å². The lowest BCUT2D eigenvalue weighted by molar-refractivity contribution is -0.137. The number of rotatable bonds is 6. The summed E-state index contributed by atoms with van der Waals surface area (Å²) >= 11 is 0. The van der Waals surface area contributed by atoms with Crippen LogP contribution in [0.1, 0.15) is 23.8 Å². The Bertz CT molecular complexity index is 667. The molecule has 0 spiro atoms. The van der Waals surface area contributed by atoms with Crippen molar-refractivity contribution in [1.82, 2.24) is 15.1 Å². The van der Waals surface area contributed by atoms with Crippen LogP contribution >= 0.6 is 0 Å². The molecule has 0 radical (unpaired) electrons. The first-order valence-electron chi connectivity index (χ1n) is 6.77. The molecule has 0 fully saturated rings. The smallest absolute Gasteiger partial charge is 0.303 e. The maximum absolute atomic E-state index is 12.9. The Balaban J connectivity index is 1.97. The van der Waals surface area contributed by atoms with Crippen molar-refractivity contribution in [1.29, 1.82) is 0 Å². The third-order valence-corrected chi connectivity index (χ3v) is 3.05. The molecule has 0 aliphatic carbocycles. The number of amides is 1. The van der Waals surface area contributed by atoms with E-state index in [1.165, 1.54) is 16.8 Å². The highest BCUT2D eigenvalue weighted by Crippen LogP contribution is 2.09. The van der Waals surface area contributed by atoms with Gasteiger partial charge in [-0.3, -0.25) is 9.59 Å². The first kappa shape index (κ1) is 15.7. The number of aromatic nitrogens is 2. The second-order valence-electron chi connectivity index (χ2n) is 5.04. The highest BCUT2D eigenvalue weighted by atomic mass is 19.1. The van der Waals surface area contributed by atoms with Gasteiger partial charge in [0.2, 0.25) is 0 Å². The molecule has 1 atom stereocenters. The van der Waals surface area contributed by atoms with Crippen molar-refractivity contribution in [2.75, 3.05) is 6.54 Å². The van der Waals surface area contributed by atoms with Crippen LogP contribution in [0, 0.1) is 11.7 Å². The molecule has 1 heterocycles. The van der Waals surface area contributed by atoms with Crippen LogP contribution in [-0.4, -0.2) is 33.3 Å². The normalized spacial score (nSPS) is 11.9. The molecule has 22 heavy (non-hydrogen) atoms. The molecule has 0 bridgehead atoms. The summed E-state index contributed by atoms with van der Waals surface area (Å²) in [6.45, 7) is 2.00. The Labute approximate surface area is 126 Å². The maximum Gasteiger partial charge on any atom is 0.303 e. The zero-order valence-electron chi connectivity index (χ0n) is 12.0. The van der Waals surface area contributed by atoms with Gasteiger partial charge in [-0.2, -0.15) is 5.10 Å². The molecule has 0 saturated carbocycles. The largest absolute Gasteiger partial charge is 0.481 e. The number of carboxylic acid groups (broad SMARTS) is 1. The minimum atomic E-state index is -0.901. The van der Waals surface area contributed by atoms with Crippen LogP contribution in [0.5, 0.6) is 0 Å². The Kier molecular flexibility index (Phi) is 4.88. The van der Waals surface area contributed by atoms with E-state index in [0.717, 1.165) is 0 Å². The number of nitrogens with one attached hydrogen (secondary N) is 1. The molecule has 0 aliphatic rings. The Morgan fingerprint density at radius 3 is 2.64 bits per heavy atom. The number of aliphatic carboxylic acids is 1. The quantitative estimate of drug-likeness (QED) is 0.853. The summed E-state index contributed by atoms with van der Waals surface area (Å²) in [7, 11) is 0. The Morgan fingerprint density at radius 1 is 1.32 bits per heavy atom. The molecule has 1 amide bonds. The summed E-state index contributed by atoms with van der Waals surface area (Å²) in [5, 5.41) is 15.4. The van der Waals surface area contributed by atoms with Crippen molar-refractivity contribution in [3.05, 3.63) is 48.0 Å². The van der Waals surface area contributed by atoms with Crippen LogP contribution in [-0.2, 0) is 4.79 Å². The van der Waals surface area contributed by atoms with Gasteiger partial charge in [-0.1, -0.05) is 6.92 Å². The fraction of sp³-hybridized carbons (Fsp3) is 0.267. The molecule has 2 rings (SSSR count). The minimum absolute atomic E-state index is 0.00962. The molecule has 1 aromatic heterocycles. The molecule has 1 unspecified atom stereocenters. The van der Waals surface area contributed by atoms with E-state index in [0.29, 0.717) is 5.69 Å². The first-order chi connectivity index (χ1) is 10.5. The molecule has 6 nitrogen and oxygen atoms in total. The SMILES string of the molecule is CC(CNC(=O)c1ccn(-c2ccc(F)cc2)n1)CC(=O)O. The minimum Gasteiger partial charge on any atom is -0.481 e. The zero-order valence-corrected chi connectivity index (χ0v) is 12.0. The van der Waals surface area contributed by atoms with Crippen LogP contribution in [0.25, 0.3) is 5.69 Å². The van der Waals surface area contributed by atoms with Gasteiger partial charge < -0.3 is 10.4 Å². The topological polar surface area (TPSA) is 84.2 Å². The van der Waals surface area contributed by atoms with E-state index in [2.05, 4.69) is 10.4 Å². The molecule has 1 aromatic carbocycles. The number of benzene rings is 1. The lowest BCUT2D eigenvalue weighted by atomic mass is 10.1. The number of hydrogen-bond acceptors (Lipinski definition) is 3. The number of carbonyl (C=O) groups is 2. The summed E-state index contributed by atoms with van der Waals surface area (Å²) < 4.78 is 14.3. The summed E-state index contributed by atoms with van der Waals surface area (Å²) in [6, 6.07) is 7.27. The Morgan fingerprint density at radius 2 is 2.00 bits per heavy atom. The Hall–Kier alpha value is -2.70. The van der Waals surface area contributed by atoms with Gasteiger partial charge in [0, 0.05) is 19.2 Å². The van der Waals surface area contributed by atoms with Gasteiger partial charge in [-0.15, -0.1) is 0 Å². The molecular formula is C15H16FN3O3. The molecular weight excluding hydrogens is 289 g/mol. The molecule has 7 heteroatoms. The first-order valence-corrected chi connectivity index (χ1v) is 6.77. The van der Waals surface area contributed by atoms with Crippen molar-refractivity contribution < 1.29 is 19.1 Å². The summed E-state index contributed by atoms with van der Waals surface area (Å²) in [4.78, 5) is 22.5. The van der Waals surface area contributed by atoms with Crippen LogP contribution < -0.4 is 5.32 Å². The van der Waals surface area contributed by atoms with Crippen molar-refractivity contribution in [2.24, 2.45) is 5.92 Å². The van der Waals surface area contributed by atoms with Crippen molar-refractivity contribution >= 4 is 11.9 Å². The van der Waals surface area contributed by atoms with Crippen molar-refractivity contribution in [3.63, 3.8) is 0 Å². The van der Waals surface area contributed by atoms with E-state index in [1.807, 2.05) is 0 Å². The monoisotopic (exact) mass is 305 g/mol. The fourth-order valence-electron chi connectivity index (χ4n) is 1.91. The van der Waals surface area contributed by atoms with E-state index >= 15 is 0 Å².